The molecule has 74 valence electrons. The summed E-state index contributed by atoms with van der Waals surface area (Å²) in [6, 6.07) is 4.25. The molecule has 2 rings (SSSR count). The van der Waals surface area contributed by atoms with Crippen LogP contribution in [0.5, 0.6) is 0 Å². The summed E-state index contributed by atoms with van der Waals surface area (Å²) < 4.78 is 5.46. The molecule has 2 nitrogen and oxygen atoms in total. The van der Waals surface area contributed by atoms with E-state index in [4.69, 9.17) is 4.42 Å². The van der Waals surface area contributed by atoms with Crippen molar-refractivity contribution in [1.29, 1.82) is 0 Å². The molecule has 0 saturated carbocycles. The van der Waals surface area contributed by atoms with E-state index in [1.165, 1.54) is 4.88 Å². The fourth-order valence-corrected chi connectivity index (χ4v) is 2.23. The maximum absolute atomic E-state index is 5.46. The van der Waals surface area contributed by atoms with Gasteiger partial charge in [-0.25, -0.2) is 4.98 Å². The summed E-state index contributed by atoms with van der Waals surface area (Å²) in [6.45, 7) is 6.25. The number of oxazole rings is 1. The van der Waals surface area contributed by atoms with Gasteiger partial charge in [-0.15, -0.1) is 11.3 Å². The first kappa shape index (κ1) is 9.46. The van der Waals surface area contributed by atoms with Gasteiger partial charge in [0.15, 0.2) is 11.7 Å². The molecule has 0 unspecified atom stereocenters. The number of hydrogen-bond acceptors (Lipinski definition) is 3. The molecular weight excluding hydrogens is 194 g/mol. The van der Waals surface area contributed by atoms with Crippen molar-refractivity contribution in [3.63, 3.8) is 0 Å². The van der Waals surface area contributed by atoms with Crippen LogP contribution in [0.2, 0.25) is 0 Å². The van der Waals surface area contributed by atoms with E-state index in [0.29, 0.717) is 5.92 Å². The highest BCUT2D eigenvalue weighted by Gasteiger charge is 2.08. The lowest BCUT2D eigenvalue weighted by Crippen LogP contribution is -1.77. The van der Waals surface area contributed by atoms with Gasteiger partial charge in [-0.2, -0.15) is 0 Å². The van der Waals surface area contributed by atoms with E-state index in [0.717, 1.165) is 16.5 Å². The molecule has 0 N–H and O–H groups in total. The predicted molar refractivity (Wildman–Crippen MR) is 58.6 cm³/mol. The maximum atomic E-state index is 5.46. The van der Waals surface area contributed by atoms with Crippen LogP contribution in [-0.4, -0.2) is 4.98 Å². The van der Waals surface area contributed by atoms with Gasteiger partial charge < -0.3 is 4.42 Å². The smallest absolute Gasteiger partial charge is 0.191 e. The summed E-state index contributed by atoms with van der Waals surface area (Å²) in [4.78, 5) is 6.63. The van der Waals surface area contributed by atoms with Gasteiger partial charge in [0, 0.05) is 11.8 Å². The van der Waals surface area contributed by atoms with E-state index < -0.39 is 0 Å². The molecule has 0 aliphatic carbocycles. The van der Waals surface area contributed by atoms with Gasteiger partial charge in [-0.3, -0.25) is 0 Å². The molecular formula is C11H13NOS. The first-order chi connectivity index (χ1) is 6.66. The van der Waals surface area contributed by atoms with Crippen LogP contribution in [0.25, 0.3) is 10.6 Å². The molecule has 2 heterocycles. The van der Waals surface area contributed by atoms with Crippen molar-refractivity contribution in [2.24, 2.45) is 0 Å². The normalized spacial score (nSPS) is 11.1. The molecule has 0 radical (unpaired) electrons. The van der Waals surface area contributed by atoms with E-state index in [1.807, 2.05) is 6.92 Å². The Bertz CT molecular complexity index is 428. The minimum absolute atomic E-state index is 0.581. The van der Waals surface area contributed by atoms with Crippen LogP contribution in [0.15, 0.2) is 22.7 Å². The number of aryl methyl sites for hydroxylation is 1. The SMILES string of the molecule is Cc1ncc(-c2ccc(C(C)C)s2)o1. The van der Waals surface area contributed by atoms with Crippen molar-refractivity contribution in [2.75, 3.05) is 0 Å². The highest BCUT2D eigenvalue weighted by Crippen LogP contribution is 2.32. The highest BCUT2D eigenvalue weighted by atomic mass is 32.1. The third-order valence-electron chi connectivity index (χ3n) is 2.06. The monoisotopic (exact) mass is 207 g/mol. The molecule has 0 bridgehead atoms. The Hall–Kier alpha value is -1.09. The van der Waals surface area contributed by atoms with Crippen molar-refractivity contribution in [3.8, 4) is 10.6 Å². The number of aromatic nitrogens is 1. The third-order valence-corrected chi connectivity index (χ3v) is 3.46. The Kier molecular flexibility index (Phi) is 2.42. The molecule has 14 heavy (non-hydrogen) atoms. The molecule has 0 aliphatic rings. The Morgan fingerprint density at radius 1 is 1.36 bits per heavy atom. The largest absolute Gasteiger partial charge is 0.440 e. The Morgan fingerprint density at radius 2 is 2.14 bits per heavy atom. The number of nitrogens with zero attached hydrogens (tertiary/aromatic N) is 1. The zero-order chi connectivity index (χ0) is 10.1. The lowest BCUT2D eigenvalue weighted by atomic mass is 10.2. The molecule has 0 aromatic carbocycles. The Morgan fingerprint density at radius 3 is 2.64 bits per heavy atom. The summed E-state index contributed by atoms with van der Waals surface area (Å²) >= 11 is 1.77. The van der Waals surface area contributed by atoms with Crippen molar-refractivity contribution >= 4 is 11.3 Å². The van der Waals surface area contributed by atoms with Crippen molar-refractivity contribution in [1.82, 2.24) is 4.98 Å². The minimum atomic E-state index is 0.581. The number of rotatable bonds is 2. The summed E-state index contributed by atoms with van der Waals surface area (Å²) in [5, 5.41) is 0. The van der Waals surface area contributed by atoms with Crippen LogP contribution in [0.1, 0.15) is 30.5 Å². The summed E-state index contributed by atoms with van der Waals surface area (Å²) in [7, 11) is 0. The van der Waals surface area contributed by atoms with Crippen LogP contribution < -0.4 is 0 Å². The van der Waals surface area contributed by atoms with E-state index in [2.05, 4.69) is 31.0 Å². The van der Waals surface area contributed by atoms with E-state index >= 15 is 0 Å². The molecule has 0 saturated heterocycles. The maximum Gasteiger partial charge on any atom is 0.191 e. The predicted octanol–water partition coefficient (Wildman–Crippen LogP) is 3.83. The summed E-state index contributed by atoms with van der Waals surface area (Å²) in [5.41, 5.74) is 0. The molecule has 0 atom stereocenters. The van der Waals surface area contributed by atoms with Gasteiger partial charge in [0.05, 0.1) is 11.1 Å². The average molecular weight is 207 g/mol. The second-order valence-corrected chi connectivity index (χ2v) is 4.72. The first-order valence-corrected chi connectivity index (χ1v) is 5.51. The van der Waals surface area contributed by atoms with E-state index in [9.17, 15) is 0 Å². The van der Waals surface area contributed by atoms with Crippen LogP contribution >= 0.6 is 11.3 Å². The van der Waals surface area contributed by atoms with Gasteiger partial charge >= 0.3 is 0 Å². The zero-order valence-corrected chi connectivity index (χ0v) is 9.39. The van der Waals surface area contributed by atoms with Crippen LogP contribution in [0, 0.1) is 6.92 Å². The van der Waals surface area contributed by atoms with Gasteiger partial charge in [-0.05, 0) is 18.1 Å². The third kappa shape index (κ3) is 1.73. The molecule has 0 fully saturated rings. The van der Waals surface area contributed by atoms with Crippen molar-refractivity contribution in [2.45, 2.75) is 26.7 Å². The summed E-state index contributed by atoms with van der Waals surface area (Å²) in [5.74, 6) is 2.18. The zero-order valence-electron chi connectivity index (χ0n) is 8.57. The lowest BCUT2D eigenvalue weighted by molar-refractivity contribution is 0.535. The molecule has 0 spiro atoms. The lowest BCUT2D eigenvalue weighted by Gasteiger charge is -1.96. The molecule has 2 aromatic rings. The first-order valence-electron chi connectivity index (χ1n) is 4.69. The van der Waals surface area contributed by atoms with Crippen molar-refractivity contribution in [3.05, 3.63) is 29.1 Å². The Balaban J connectivity index is 2.33. The van der Waals surface area contributed by atoms with Gasteiger partial charge in [0.25, 0.3) is 0 Å². The van der Waals surface area contributed by atoms with Crippen molar-refractivity contribution < 1.29 is 4.42 Å². The Labute approximate surface area is 87.6 Å². The van der Waals surface area contributed by atoms with E-state index in [1.54, 1.807) is 17.5 Å². The minimum Gasteiger partial charge on any atom is -0.440 e. The number of thiophene rings is 1. The fraction of sp³-hybridized carbons (Fsp3) is 0.364. The molecule has 2 aromatic heterocycles. The molecule has 3 heteroatoms. The molecule has 0 amide bonds. The van der Waals surface area contributed by atoms with Crippen LogP contribution in [0.3, 0.4) is 0 Å². The summed E-state index contributed by atoms with van der Waals surface area (Å²) in [6.07, 6.45) is 1.78. The highest BCUT2D eigenvalue weighted by molar-refractivity contribution is 7.15. The molecule has 0 aliphatic heterocycles. The topological polar surface area (TPSA) is 26.0 Å². The second kappa shape index (κ2) is 3.58. The standard InChI is InChI=1S/C11H13NOS/c1-7(2)10-4-5-11(14-10)9-6-12-8(3)13-9/h4-7H,1-3H3. The van der Waals surface area contributed by atoms with E-state index in [-0.39, 0.29) is 0 Å². The number of hydrogen-bond donors (Lipinski definition) is 0. The van der Waals surface area contributed by atoms with Gasteiger partial charge in [0.1, 0.15) is 0 Å². The quantitative estimate of drug-likeness (QED) is 0.748. The average Bonchev–Trinajstić information content (AvgIpc) is 2.70. The van der Waals surface area contributed by atoms with Gasteiger partial charge in [0.2, 0.25) is 0 Å². The van der Waals surface area contributed by atoms with Gasteiger partial charge in [-0.1, -0.05) is 13.8 Å². The van der Waals surface area contributed by atoms with Crippen LogP contribution in [-0.2, 0) is 0 Å². The van der Waals surface area contributed by atoms with Crippen LogP contribution in [0.4, 0.5) is 0 Å². The second-order valence-electron chi connectivity index (χ2n) is 3.60. The fourth-order valence-electron chi connectivity index (χ4n) is 1.27.